The van der Waals surface area contributed by atoms with E-state index in [2.05, 4.69) is 0 Å². The van der Waals surface area contributed by atoms with Crippen molar-refractivity contribution in [1.29, 1.82) is 0 Å². The molecule has 2 aromatic rings. The van der Waals surface area contributed by atoms with Gasteiger partial charge in [-0.25, -0.2) is 0 Å². The first kappa shape index (κ1) is 22.2. The van der Waals surface area contributed by atoms with Gasteiger partial charge in [-0.2, -0.15) is 0 Å². The van der Waals surface area contributed by atoms with Crippen LogP contribution in [-0.2, 0) is 11.3 Å². The Bertz CT molecular complexity index is 890. The van der Waals surface area contributed by atoms with Gasteiger partial charge in [0.25, 0.3) is 0 Å². The second kappa shape index (κ2) is 10.0. The lowest BCUT2D eigenvalue weighted by molar-refractivity contribution is -0.133. The van der Waals surface area contributed by atoms with Crippen LogP contribution in [0.4, 0.5) is 0 Å². The number of methoxy groups -OCH3 is 3. The molecule has 1 heterocycles. The summed E-state index contributed by atoms with van der Waals surface area (Å²) in [5, 5.41) is 0.648. The smallest absolute Gasteiger partial charge is 0.237 e. The summed E-state index contributed by atoms with van der Waals surface area (Å²) >= 11 is 6.14. The van der Waals surface area contributed by atoms with Gasteiger partial charge < -0.3 is 19.1 Å². The molecule has 1 unspecified atom stereocenters. The first-order valence-electron chi connectivity index (χ1n) is 9.99. The third-order valence-electron chi connectivity index (χ3n) is 5.46. The van der Waals surface area contributed by atoms with Crippen molar-refractivity contribution in [3.8, 4) is 17.2 Å². The normalized spacial score (nSPS) is 16.1. The van der Waals surface area contributed by atoms with Gasteiger partial charge in [0.1, 0.15) is 17.2 Å². The number of hydrogen-bond donors (Lipinski definition) is 0. The Balaban J connectivity index is 1.73. The lowest BCUT2D eigenvalue weighted by Gasteiger charge is -2.28. The van der Waals surface area contributed by atoms with E-state index in [0.29, 0.717) is 18.1 Å². The van der Waals surface area contributed by atoms with Gasteiger partial charge in [-0.1, -0.05) is 11.6 Å². The van der Waals surface area contributed by atoms with Crippen LogP contribution in [0.5, 0.6) is 17.2 Å². The second-order valence-corrected chi connectivity index (χ2v) is 7.92. The van der Waals surface area contributed by atoms with Crippen molar-refractivity contribution in [2.24, 2.45) is 0 Å². The van der Waals surface area contributed by atoms with Gasteiger partial charge in [0, 0.05) is 29.2 Å². The van der Waals surface area contributed by atoms with E-state index in [1.165, 1.54) is 0 Å². The molecule has 1 saturated heterocycles. The molecule has 6 nitrogen and oxygen atoms in total. The van der Waals surface area contributed by atoms with Crippen molar-refractivity contribution in [1.82, 2.24) is 9.80 Å². The number of rotatable bonds is 8. The minimum atomic E-state index is -0.0170. The number of hydrogen-bond acceptors (Lipinski definition) is 5. The summed E-state index contributed by atoms with van der Waals surface area (Å²) in [6.07, 6.45) is 1.86. The Labute approximate surface area is 183 Å². The zero-order valence-corrected chi connectivity index (χ0v) is 18.7. The number of ether oxygens (including phenoxy) is 3. The highest BCUT2D eigenvalue weighted by Crippen LogP contribution is 2.39. The molecule has 30 heavy (non-hydrogen) atoms. The van der Waals surface area contributed by atoms with E-state index in [1.807, 2.05) is 47.2 Å². The van der Waals surface area contributed by atoms with E-state index in [4.69, 9.17) is 25.8 Å². The van der Waals surface area contributed by atoms with E-state index < -0.39 is 0 Å². The molecule has 1 atom stereocenters. The van der Waals surface area contributed by atoms with Crippen LogP contribution < -0.4 is 14.2 Å². The summed E-state index contributed by atoms with van der Waals surface area (Å²) < 4.78 is 16.4. The average Bonchev–Trinajstić information content (AvgIpc) is 3.23. The lowest BCUT2D eigenvalue weighted by atomic mass is 10.0. The molecular weight excluding hydrogens is 404 g/mol. The van der Waals surface area contributed by atoms with Crippen molar-refractivity contribution in [2.75, 3.05) is 41.5 Å². The van der Waals surface area contributed by atoms with E-state index in [0.717, 1.165) is 47.8 Å². The molecule has 2 aromatic carbocycles. The maximum Gasteiger partial charge on any atom is 0.237 e. The van der Waals surface area contributed by atoms with Gasteiger partial charge in [-0.15, -0.1) is 0 Å². The highest BCUT2D eigenvalue weighted by Gasteiger charge is 2.32. The summed E-state index contributed by atoms with van der Waals surface area (Å²) in [5.41, 5.74) is 1.94. The fraction of sp³-hybridized carbons (Fsp3) is 0.435. The fourth-order valence-corrected chi connectivity index (χ4v) is 4.22. The second-order valence-electron chi connectivity index (χ2n) is 7.48. The van der Waals surface area contributed by atoms with E-state index in [-0.39, 0.29) is 11.9 Å². The molecule has 0 aromatic heterocycles. The Morgan fingerprint density at radius 1 is 1.10 bits per heavy atom. The number of nitrogens with zero attached hydrogens (tertiary/aromatic N) is 2. The molecule has 0 aliphatic carbocycles. The molecule has 1 amide bonds. The number of amides is 1. The molecule has 0 saturated carbocycles. The molecule has 0 bridgehead atoms. The van der Waals surface area contributed by atoms with E-state index in [1.54, 1.807) is 27.4 Å². The molecule has 1 fully saturated rings. The number of carbonyl (C=O) groups excluding carboxylic acids is 1. The van der Waals surface area contributed by atoms with E-state index >= 15 is 0 Å². The van der Waals surface area contributed by atoms with Crippen LogP contribution in [0.3, 0.4) is 0 Å². The summed E-state index contributed by atoms with van der Waals surface area (Å²) in [6.45, 7) is 1.60. The van der Waals surface area contributed by atoms with Gasteiger partial charge in [0.15, 0.2) is 0 Å². The number of likely N-dealkylation sites (tertiary alicyclic amines) is 1. The predicted octanol–water partition coefficient (Wildman–Crippen LogP) is 4.16. The minimum Gasteiger partial charge on any atom is -0.497 e. The lowest BCUT2D eigenvalue weighted by Crippen LogP contribution is -2.38. The van der Waals surface area contributed by atoms with Gasteiger partial charge in [0.2, 0.25) is 5.91 Å². The van der Waals surface area contributed by atoms with Gasteiger partial charge in [-0.05, 0) is 56.3 Å². The quantitative estimate of drug-likeness (QED) is 0.626. The first-order valence-corrected chi connectivity index (χ1v) is 10.4. The van der Waals surface area contributed by atoms with Crippen molar-refractivity contribution in [2.45, 2.75) is 25.4 Å². The minimum absolute atomic E-state index is 0.0170. The van der Waals surface area contributed by atoms with Crippen LogP contribution in [0.15, 0.2) is 36.4 Å². The van der Waals surface area contributed by atoms with Gasteiger partial charge >= 0.3 is 0 Å². The van der Waals surface area contributed by atoms with Gasteiger partial charge in [0.05, 0.1) is 33.9 Å². The van der Waals surface area contributed by atoms with Crippen molar-refractivity contribution < 1.29 is 19.0 Å². The Hall–Kier alpha value is -2.44. The van der Waals surface area contributed by atoms with Gasteiger partial charge in [-0.3, -0.25) is 9.69 Å². The van der Waals surface area contributed by atoms with Crippen molar-refractivity contribution >= 4 is 17.5 Å². The van der Waals surface area contributed by atoms with Crippen molar-refractivity contribution in [3.63, 3.8) is 0 Å². The third-order valence-corrected chi connectivity index (χ3v) is 5.69. The van der Waals surface area contributed by atoms with Crippen LogP contribution >= 0.6 is 11.6 Å². The maximum atomic E-state index is 13.2. The fourth-order valence-electron chi connectivity index (χ4n) is 4.03. The third kappa shape index (κ3) is 4.99. The molecule has 0 radical (unpaired) electrons. The maximum absolute atomic E-state index is 13.2. The molecule has 7 heteroatoms. The Morgan fingerprint density at radius 2 is 1.83 bits per heavy atom. The summed E-state index contributed by atoms with van der Waals surface area (Å²) in [5.74, 6) is 2.39. The number of benzene rings is 2. The van der Waals surface area contributed by atoms with Crippen LogP contribution in [-0.4, -0.2) is 57.2 Å². The molecule has 0 N–H and O–H groups in total. The standard InChI is InChI=1S/C23H29ClN2O4/c1-25(14-16-12-17(24)7-9-21(16)29-3)15-23(27)26-11-5-6-20(26)19-13-18(28-2)8-10-22(19)30-4/h7-10,12-13,20H,5-6,11,14-15H2,1-4H3. The number of carbonyl (C=O) groups is 1. The highest BCUT2D eigenvalue weighted by atomic mass is 35.5. The van der Waals surface area contributed by atoms with Crippen LogP contribution in [0.25, 0.3) is 0 Å². The summed E-state index contributed by atoms with van der Waals surface area (Å²) in [4.78, 5) is 17.1. The van der Waals surface area contributed by atoms with E-state index in [9.17, 15) is 4.79 Å². The molecule has 1 aliphatic heterocycles. The monoisotopic (exact) mass is 432 g/mol. The SMILES string of the molecule is COc1ccc(OC)c(C2CCCN2C(=O)CN(C)Cc2cc(Cl)ccc2OC)c1. The predicted molar refractivity (Wildman–Crippen MR) is 118 cm³/mol. The molecule has 162 valence electrons. The molecular formula is C23H29ClN2O4. The molecule has 3 rings (SSSR count). The largest absolute Gasteiger partial charge is 0.497 e. The van der Waals surface area contributed by atoms with Crippen LogP contribution in [0.2, 0.25) is 5.02 Å². The van der Waals surface area contributed by atoms with Crippen LogP contribution in [0.1, 0.15) is 30.0 Å². The topological polar surface area (TPSA) is 51.2 Å². The zero-order valence-electron chi connectivity index (χ0n) is 18.0. The highest BCUT2D eigenvalue weighted by molar-refractivity contribution is 6.30. The summed E-state index contributed by atoms with van der Waals surface area (Å²) in [7, 11) is 6.85. The van der Waals surface area contributed by atoms with Crippen molar-refractivity contribution in [3.05, 3.63) is 52.5 Å². The Morgan fingerprint density at radius 3 is 2.53 bits per heavy atom. The molecule has 1 aliphatic rings. The molecule has 0 spiro atoms. The average molecular weight is 433 g/mol. The zero-order chi connectivity index (χ0) is 21.7. The van der Waals surface area contributed by atoms with Crippen LogP contribution in [0, 0.1) is 0 Å². The Kier molecular flexibility index (Phi) is 7.45. The number of likely N-dealkylation sites (N-methyl/N-ethyl adjacent to an activating group) is 1. The first-order chi connectivity index (χ1) is 14.5. The number of halogens is 1. The summed E-state index contributed by atoms with van der Waals surface area (Å²) in [6, 6.07) is 11.2.